The summed E-state index contributed by atoms with van der Waals surface area (Å²) in [6.07, 6.45) is 3.57. The number of fused-ring (bicyclic) bond motifs is 1. The predicted octanol–water partition coefficient (Wildman–Crippen LogP) is 4.44. The van der Waals surface area contributed by atoms with Crippen molar-refractivity contribution in [1.29, 1.82) is 0 Å². The number of carbonyl (C=O) groups is 1. The molecule has 1 aliphatic rings. The van der Waals surface area contributed by atoms with Gasteiger partial charge in [-0.15, -0.1) is 0 Å². The highest BCUT2D eigenvalue weighted by atomic mass is 79.9. The number of aliphatic imine (C=N–C) groups is 1. The van der Waals surface area contributed by atoms with Crippen LogP contribution in [0.2, 0.25) is 0 Å². The van der Waals surface area contributed by atoms with E-state index in [4.69, 9.17) is 4.99 Å². The van der Waals surface area contributed by atoms with E-state index in [2.05, 4.69) is 40.1 Å². The zero-order chi connectivity index (χ0) is 17.1. The van der Waals surface area contributed by atoms with E-state index in [1.807, 2.05) is 36.4 Å². The maximum absolute atomic E-state index is 12.7. The first-order valence-corrected chi connectivity index (χ1v) is 9.03. The summed E-state index contributed by atoms with van der Waals surface area (Å²) in [5.74, 6) is 0.166. The zero-order valence-electron chi connectivity index (χ0n) is 13.8. The summed E-state index contributed by atoms with van der Waals surface area (Å²) in [6.45, 7) is 4.21. The van der Waals surface area contributed by atoms with Gasteiger partial charge in [0.2, 0.25) is 5.91 Å². The number of benzene rings is 1. The Balaban J connectivity index is 2.20. The van der Waals surface area contributed by atoms with Crippen molar-refractivity contribution in [2.24, 2.45) is 10.9 Å². The molecule has 0 spiro atoms. The van der Waals surface area contributed by atoms with Crippen molar-refractivity contribution in [2.45, 2.75) is 32.7 Å². The Morgan fingerprint density at radius 1 is 1.21 bits per heavy atom. The minimum absolute atomic E-state index is 0.0433. The summed E-state index contributed by atoms with van der Waals surface area (Å²) >= 11 is 3.51. The van der Waals surface area contributed by atoms with Crippen LogP contribution in [-0.4, -0.2) is 22.6 Å². The monoisotopic (exact) mass is 385 g/mol. The van der Waals surface area contributed by atoms with Crippen molar-refractivity contribution < 1.29 is 4.79 Å². The number of hydrogen-bond donors (Lipinski definition) is 1. The van der Waals surface area contributed by atoms with Crippen LogP contribution in [0.1, 0.15) is 37.9 Å². The van der Waals surface area contributed by atoms with Gasteiger partial charge < -0.3 is 5.32 Å². The number of nitrogens with one attached hydrogen (secondary N) is 1. The van der Waals surface area contributed by atoms with E-state index in [0.717, 1.165) is 40.0 Å². The van der Waals surface area contributed by atoms with Gasteiger partial charge in [-0.05, 0) is 36.2 Å². The third-order valence-electron chi connectivity index (χ3n) is 4.43. The molecule has 0 bridgehead atoms. The largest absolute Gasteiger partial charge is 0.324 e. The average Bonchev–Trinajstić information content (AvgIpc) is 2.74. The van der Waals surface area contributed by atoms with Crippen LogP contribution in [0.25, 0.3) is 0 Å². The lowest BCUT2D eigenvalue weighted by Crippen LogP contribution is -2.32. The number of benzodiazepines with no additional fused rings is 1. The second-order valence-electron chi connectivity index (χ2n) is 5.89. The minimum Gasteiger partial charge on any atom is -0.324 e. The number of pyridine rings is 1. The van der Waals surface area contributed by atoms with Gasteiger partial charge in [-0.3, -0.25) is 14.8 Å². The molecule has 1 aromatic carbocycles. The van der Waals surface area contributed by atoms with Gasteiger partial charge in [0.15, 0.2) is 0 Å². The van der Waals surface area contributed by atoms with Crippen LogP contribution in [0.3, 0.4) is 0 Å². The fourth-order valence-electron chi connectivity index (χ4n) is 3.06. The van der Waals surface area contributed by atoms with Gasteiger partial charge in [0, 0.05) is 16.2 Å². The summed E-state index contributed by atoms with van der Waals surface area (Å²) in [6, 6.07) is 11.2. The Morgan fingerprint density at radius 3 is 2.67 bits per heavy atom. The Hall–Kier alpha value is -2.01. The average molecular weight is 386 g/mol. The molecule has 0 aliphatic carbocycles. The summed E-state index contributed by atoms with van der Waals surface area (Å²) in [7, 11) is 0. The van der Waals surface area contributed by atoms with Gasteiger partial charge in [0.25, 0.3) is 0 Å². The maximum atomic E-state index is 12.7. The number of carbonyl (C=O) groups excluding carboxylic acids is 1. The van der Waals surface area contributed by atoms with E-state index < -0.39 is 6.04 Å². The highest BCUT2D eigenvalue weighted by Gasteiger charge is 2.30. The first-order chi connectivity index (χ1) is 11.6. The van der Waals surface area contributed by atoms with E-state index >= 15 is 0 Å². The van der Waals surface area contributed by atoms with Crippen LogP contribution in [0.15, 0.2) is 52.1 Å². The van der Waals surface area contributed by atoms with Gasteiger partial charge in [0.1, 0.15) is 6.04 Å². The maximum Gasteiger partial charge on any atom is 0.249 e. The summed E-state index contributed by atoms with van der Waals surface area (Å²) < 4.78 is 0.945. The van der Waals surface area contributed by atoms with E-state index in [0.29, 0.717) is 0 Å². The number of anilines is 1. The smallest absolute Gasteiger partial charge is 0.249 e. The highest BCUT2D eigenvalue weighted by Crippen LogP contribution is 2.29. The van der Waals surface area contributed by atoms with Gasteiger partial charge in [0.05, 0.1) is 17.1 Å². The molecular weight excluding hydrogens is 366 g/mol. The van der Waals surface area contributed by atoms with E-state index in [9.17, 15) is 4.79 Å². The minimum atomic E-state index is -0.400. The van der Waals surface area contributed by atoms with Gasteiger partial charge in [-0.2, -0.15) is 0 Å². The topological polar surface area (TPSA) is 54.4 Å². The standard InChI is InChI=1S/C19H20BrN3O/c1-3-12(4-2)17-19(24)22-15-9-8-13(20)11-14(15)18(23-17)16-7-5-6-10-21-16/h5-12,17H,3-4H2,1-2H3,(H,22,24)/t17-/m0/s1. The van der Waals surface area contributed by atoms with Crippen molar-refractivity contribution >= 4 is 33.2 Å². The molecule has 1 N–H and O–H groups in total. The Labute approximate surface area is 150 Å². The van der Waals surface area contributed by atoms with Crippen LogP contribution in [0, 0.1) is 5.92 Å². The second kappa shape index (κ2) is 7.26. The van der Waals surface area contributed by atoms with Gasteiger partial charge in [-0.25, -0.2) is 0 Å². The number of halogens is 1. The van der Waals surface area contributed by atoms with Crippen molar-refractivity contribution in [3.8, 4) is 0 Å². The molecule has 124 valence electrons. The lowest BCUT2D eigenvalue weighted by Gasteiger charge is -2.19. The Bertz CT molecular complexity index is 769. The lowest BCUT2D eigenvalue weighted by atomic mass is 9.94. The Morgan fingerprint density at radius 2 is 2.00 bits per heavy atom. The SMILES string of the molecule is CCC(CC)[C@@H]1N=C(c2ccccn2)c2cc(Br)ccc2NC1=O. The fourth-order valence-corrected chi connectivity index (χ4v) is 3.42. The normalized spacial score (nSPS) is 17.1. The highest BCUT2D eigenvalue weighted by molar-refractivity contribution is 9.10. The summed E-state index contributed by atoms with van der Waals surface area (Å²) in [5, 5.41) is 3.05. The zero-order valence-corrected chi connectivity index (χ0v) is 15.4. The number of aromatic nitrogens is 1. The molecule has 1 amide bonds. The molecule has 0 radical (unpaired) electrons. The molecule has 4 nitrogen and oxygen atoms in total. The van der Waals surface area contributed by atoms with Crippen LogP contribution < -0.4 is 5.32 Å². The third-order valence-corrected chi connectivity index (χ3v) is 4.93. The molecule has 2 aromatic rings. The molecule has 0 unspecified atom stereocenters. The van der Waals surface area contributed by atoms with Crippen LogP contribution in [-0.2, 0) is 4.79 Å². The first kappa shape index (κ1) is 16.8. The van der Waals surface area contributed by atoms with Crippen molar-refractivity contribution in [2.75, 3.05) is 5.32 Å². The molecule has 24 heavy (non-hydrogen) atoms. The molecule has 2 heterocycles. The molecule has 1 aliphatic heterocycles. The van der Waals surface area contributed by atoms with E-state index in [1.54, 1.807) is 6.20 Å². The van der Waals surface area contributed by atoms with Crippen molar-refractivity contribution in [1.82, 2.24) is 4.98 Å². The molecule has 5 heteroatoms. The predicted molar refractivity (Wildman–Crippen MR) is 101 cm³/mol. The van der Waals surface area contributed by atoms with Crippen LogP contribution in [0.5, 0.6) is 0 Å². The summed E-state index contributed by atoms with van der Waals surface area (Å²) in [4.78, 5) is 22.1. The molecule has 0 saturated carbocycles. The fraction of sp³-hybridized carbons (Fsp3) is 0.316. The van der Waals surface area contributed by atoms with Crippen LogP contribution in [0.4, 0.5) is 5.69 Å². The molecular formula is C19H20BrN3O. The molecule has 1 aromatic heterocycles. The summed E-state index contributed by atoms with van der Waals surface area (Å²) in [5.41, 5.74) is 3.22. The third kappa shape index (κ3) is 3.26. The van der Waals surface area contributed by atoms with Crippen molar-refractivity contribution in [3.05, 3.63) is 58.3 Å². The molecule has 0 saturated heterocycles. The lowest BCUT2D eigenvalue weighted by molar-refractivity contribution is -0.118. The second-order valence-corrected chi connectivity index (χ2v) is 6.81. The first-order valence-electron chi connectivity index (χ1n) is 8.24. The van der Waals surface area contributed by atoms with E-state index in [-0.39, 0.29) is 11.8 Å². The van der Waals surface area contributed by atoms with E-state index in [1.165, 1.54) is 0 Å². The molecule has 0 fully saturated rings. The Kier molecular flexibility index (Phi) is 5.09. The number of amides is 1. The molecule has 1 atom stereocenters. The number of nitrogens with zero attached hydrogens (tertiary/aromatic N) is 2. The van der Waals surface area contributed by atoms with Crippen molar-refractivity contribution in [3.63, 3.8) is 0 Å². The number of hydrogen-bond acceptors (Lipinski definition) is 3. The van der Waals surface area contributed by atoms with Gasteiger partial charge >= 0.3 is 0 Å². The van der Waals surface area contributed by atoms with Gasteiger partial charge in [-0.1, -0.05) is 48.7 Å². The quantitative estimate of drug-likeness (QED) is 0.845. The van der Waals surface area contributed by atoms with Crippen LogP contribution >= 0.6 is 15.9 Å². The molecule has 3 rings (SSSR count). The number of rotatable bonds is 4.